The van der Waals surface area contributed by atoms with Crippen molar-refractivity contribution in [2.75, 3.05) is 10.6 Å². The monoisotopic (exact) mass is 305 g/mol. The summed E-state index contributed by atoms with van der Waals surface area (Å²) < 4.78 is 5.70. The molecule has 5 nitrogen and oxygen atoms in total. The van der Waals surface area contributed by atoms with Crippen LogP contribution in [0.3, 0.4) is 0 Å². The maximum absolute atomic E-state index is 11.9. The zero-order valence-electron chi connectivity index (χ0n) is 12.3. The summed E-state index contributed by atoms with van der Waals surface area (Å²) in [4.78, 5) is 15.9. The first-order chi connectivity index (χ1) is 11.3. The largest absolute Gasteiger partial charge is 0.457 e. The number of anilines is 2. The third-order valence-electron chi connectivity index (χ3n) is 3.00. The number of aromatic nitrogens is 1. The SMILES string of the molecule is O=C(Nc1ccc(Oc2ccccc2)cc1)Nc1ccccn1. The summed E-state index contributed by atoms with van der Waals surface area (Å²) in [6, 6.07) is 21.6. The van der Waals surface area contributed by atoms with Crippen molar-refractivity contribution in [1.29, 1.82) is 0 Å². The molecular weight excluding hydrogens is 290 g/mol. The van der Waals surface area contributed by atoms with Gasteiger partial charge in [-0.25, -0.2) is 9.78 Å². The summed E-state index contributed by atoms with van der Waals surface area (Å²) in [5.41, 5.74) is 0.666. The standard InChI is InChI=1S/C18H15N3O2/c22-18(21-17-8-4-5-13-19-17)20-14-9-11-16(12-10-14)23-15-6-2-1-3-7-15/h1-13H,(H2,19,20,21,22). The molecule has 2 amide bonds. The third-order valence-corrected chi connectivity index (χ3v) is 3.00. The number of nitrogens with one attached hydrogen (secondary N) is 2. The van der Waals surface area contributed by atoms with Crippen molar-refractivity contribution in [2.45, 2.75) is 0 Å². The molecule has 3 rings (SSSR count). The fraction of sp³-hybridized carbons (Fsp3) is 0. The van der Waals surface area contributed by atoms with Crippen LogP contribution in [-0.4, -0.2) is 11.0 Å². The van der Waals surface area contributed by atoms with Crippen LogP contribution in [-0.2, 0) is 0 Å². The average molecular weight is 305 g/mol. The first-order valence-corrected chi connectivity index (χ1v) is 7.11. The van der Waals surface area contributed by atoms with Gasteiger partial charge in [0.15, 0.2) is 0 Å². The van der Waals surface area contributed by atoms with Crippen molar-refractivity contribution in [1.82, 2.24) is 4.98 Å². The van der Waals surface area contributed by atoms with Gasteiger partial charge in [-0.1, -0.05) is 24.3 Å². The molecular formula is C18H15N3O2. The maximum atomic E-state index is 11.9. The second-order valence-electron chi connectivity index (χ2n) is 4.73. The Morgan fingerprint density at radius 2 is 1.48 bits per heavy atom. The van der Waals surface area contributed by atoms with E-state index in [-0.39, 0.29) is 6.03 Å². The smallest absolute Gasteiger partial charge is 0.324 e. The molecule has 0 atom stereocenters. The molecule has 0 aliphatic heterocycles. The molecule has 3 aromatic rings. The first kappa shape index (κ1) is 14.6. The van der Waals surface area contributed by atoms with E-state index in [1.165, 1.54) is 0 Å². The highest BCUT2D eigenvalue weighted by atomic mass is 16.5. The molecule has 0 radical (unpaired) electrons. The quantitative estimate of drug-likeness (QED) is 0.745. The number of hydrogen-bond donors (Lipinski definition) is 2. The summed E-state index contributed by atoms with van der Waals surface area (Å²) in [5, 5.41) is 5.39. The van der Waals surface area contributed by atoms with Gasteiger partial charge in [0.2, 0.25) is 0 Å². The molecule has 0 bridgehead atoms. The molecule has 2 aromatic carbocycles. The number of amides is 2. The van der Waals surface area contributed by atoms with E-state index in [0.29, 0.717) is 17.3 Å². The van der Waals surface area contributed by atoms with Gasteiger partial charge in [0, 0.05) is 11.9 Å². The number of benzene rings is 2. The zero-order valence-corrected chi connectivity index (χ0v) is 12.3. The summed E-state index contributed by atoms with van der Waals surface area (Å²) in [6.07, 6.45) is 1.62. The number of rotatable bonds is 4. The molecule has 23 heavy (non-hydrogen) atoms. The summed E-state index contributed by atoms with van der Waals surface area (Å²) in [5.74, 6) is 1.96. The van der Waals surface area contributed by atoms with Gasteiger partial charge in [0.05, 0.1) is 0 Å². The van der Waals surface area contributed by atoms with Gasteiger partial charge in [-0.05, 0) is 48.5 Å². The molecule has 0 fully saturated rings. The number of urea groups is 1. The van der Waals surface area contributed by atoms with Crippen molar-refractivity contribution in [3.63, 3.8) is 0 Å². The Hall–Kier alpha value is -3.34. The van der Waals surface area contributed by atoms with Crippen molar-refractivity contribution < 1.29 is 9.53 Å². The van der Waals surface area contributed by atoms with Crippen molar-refractivity contribution in [3.05, 3.63) is 79.0 Å². The molecule has 0 unspecified atom stereocenters. The Balaban J connectivity index is 1.58. The van der Waals surface area contributed by atoms with Crippen molar-refractivity contribution in [2.24, 2.45) is 0 Å². The fourth-order valence-electron chi connectivity index (χ4n) is 1.95. The van der Waals surface area contributed by atoms with Gasteiger partial charge < -0.3 is 10.1 Å². The Labute approximate surface area is 134 Å². The molecule has 114 valence electrons. The predicted molar refractivity (Wildman–Crippen MR) is 89.8 cm³/mol. The van der Waals surface area contributed by atoms with E-state index in [0.717, 1.165) is 5.75 Å². The van der Waals surface area contributed by atoms with Crippen LogP contribution >= 0.6 is 0 Å². The fourth-order valence-corrected chi connectivity index (χ4v) is 1.95. The molecule has 0 aliphatic carbocycles. The lowest BCUT2D eigenvalue weighted by atomic mass is 10.3. The van der Waals surface area contributed by atoms with E-state index in [1.807, 2.05) is 30.3 Å². The highest BCUT2D eigenvalue weighted by Gasteiger charge is 2.03. The topological polar surface area (TPSA) is 63.2 Å². The van der Waals surface area contributed by atoms with Crippen LogP contribution in [0.4, 0.5) is 16.3 Å². The number of carbonyl (C=O) groups is 1. The second kappa shape index (κ2) is 7.09. The van der Waals surface area contributed by atoms with Gasteiger partial charge in [0.25, 0.3) is 0 Å². The number of para-hydroxylation sites is 1. The lowest BCUT2D eigenvalue weighted by molar-refractivity contribution is 0.262. The van der Waals surface area contributed by atoms with Crippen LogP contribution in [0.2, 0.25) is 0 Å². The van der Waals surface area contributed by atoms with E-state index in [9.17, 15) is 4.79 Å². The normalized spacial score (nSPS) is 9.91. The molecule has 1 aromatic heterocycles. The van der Waals surface area contributed by atoms with Crippen molar-refractivity contribution in [3.8, 4) is 11.5 Å². The number of hydrogen-bond acceptors (Lipinski definition) is 3. The van der Waals surface area contributed by atoms with E-state index >= 15 is 0 Å². The van der Waals surface area contributed by atoms with Crippen LogP contribution in [0.25, 0.3) is 0 Å². The minimum Gasteiger partial charge on any atom is -0.457 e. The summed E-state index contributed by atoms with van der Waals surface area (Å²) >= 11 is 0. The van der Waals surface area contributed by atoms with Crippen LogP contribution in [0.15, 0.2) is 79.0 Å². The molecule has 1 heterocycles. The van der Waals surface area contributed by atoms with Crippen LogP contribution in [0, 0.1) is 0 Å². The molecule has 0 saturated heterocycles. The van der Waals surface area contributed by atoms with Gasteiger partial charge >= 0.3 is 6.03 Å². The molecule has 5 heteroatoms. The van der Waals surface area contributed by atoms with Crippen LogP contribution < -0.4 is 15.4 Å². The lowest BCUT2D eigenvalue weighted by Gasteiger charge is -2.08. The zero-order chi connectivity index (χ0) is 15.9. The molecule has 0 spiro atoms. The number of ether oxygens (including phenoxy) is 1. The Bertz CT molecular complexity index is 759. The lowest BCUT2D eigenvalue weighted by Crippen LogP contribution is -2.19. The Morgan fingerprint density at radius 1 is 0.783 bits per heavy atom. The van der Waals surface area contributed by atoms with E-state index < -0.39 is 0 Å². The third kappa shape index (κ3) is 4.31. The second-order valence-corrected chi connectivity index (χ2v) is 4.73. The number of nitrogens with zero attached hydrogens (tertiary/aromatic N) is 1. The summed E-state index contributed by atoms with van der Waals surface area (Å²) in [7, 11) is 0. The molecule has 2 N–H and O–H groups in total. The Morgan fingerprint density at radius 3 is 2.17 bits per heavy atom. The van der Waals surface area contributed by atoms with Gasteiger partial charge in [-0.2, -0.15) is 0 Å². The average Bonchev–Trinajstić information content (AvgIpc) is 2.58. The summed E-state index contributed by atoms with van der Waals surface area (Å²) in [6.45, 7) is 0. The minimum atomic E-state index is -0.347. The van der Waals surface area contributed by atoms with Gasteiger partial charge in [-0.3, -0.25) is 5.32 Å². The highest BCUT2D eigenvalue weighted by Crippen LogP contribution is 2.22. The molecule has 0 saturated carbocycles. The number of carbonyl (C=O) groups excluding carboxylic acids is 1. The van der Waals surface area contributed by atoms with Gasteiger partial charge in [0.1, 0.15) is 17.3 Å². The maximum Gasteiger partial charge on any atom is 0.324 e. The minimum absolute atomic E-state index is 0.347. The van der Waals surface area contributed by atoms with Crippen molar-refractivity contribution >= 4 is 17.5 Å². The van der Waals surface area contributed by atoms with Gasteiger partial charge in [-0.15, -0.1) is 0 Å². The Kier molecular flexibility index (Phi) is 4.49. The first-order valence-electron chi connectivity index (χ1n) is 7.11. The van der Waals surface area contributed by atoms with Crippen LogP contribution in [0.5, 0.6) is 11.5 Å². The van der Waals surface area contributed by atoms with E-state index in [1.54, 1.807) is 48.7 Å². The molecule has 0 aliphatic rings. The predicted octanol–water partition coefficient (Wildman–Crippen LogP) is 4.52. The van der Waals surface area contributed by atoms with Crippen LogP contribution in [0.1, 0.15) is 0 Å². The van der Waals surface area contributed by atoms with E-state index in [2.05, 4.69) is 15.6 Å². The van der Waals surface area contributed by atoms with E-state index in [4.69, 9.17) is 4.74 Å². The highest BCUT2D eigenvalue weighted by molar-refractivity contribution is 5.99. The number of pyridine rings is 1.